The van der Waals surface area contributed by atoms with E-state index >= 15 is 0 Å². The maximum absolute atomic E-state index is 13.3. The van der Waals surface area contributed by atoms with E-state index in [1.165, 1.54) is 18.2 Å². The fourth-order valence-corrected chi connectivity index (χ4v) is 2.13. The van der Waals surface area contributed by atoms with Crippen LogP contribution >= 0.6 is 0 Å². The molecule has 0 saturated carbocycles. The molecule has 2 aromatic rings. The molecule has 0 aliphatic heterocycles. The quantitative estimate of drug-likeness (QED) is 0.909. The number of primary amides is 1. The zero-order chi connectivity index (χ0) is 16.3. The molecule has 0 fully saturated rings. The first kappa shape index (κ1) is 15.7. The van der Waals surface area contributed by atoms with Gasteiger partial charge >= 0.3 is 0 Å². The van der Waals surface area contributed by atoms with Gasteiger partial charge in [-0.2, -0.15) is 0 Å². The summed E-state index contributed by atoms with van der Waals surface area (Å²) in [5, 5.41) is 2.64. The molecule has 5 heteroatoms. The van der Waals surface area contributed by atoms with Crippen LogP contribution in [0.25, 0.3) is 0 Å². The number of nitrogens with one attached hydrogen (secondary N) is 1. The number of amides is 2. The number of nitrogens with two attached hydrogens (primary N) is 1. The first-order chi connectivity index (χ1) is 10.3. The van der Waals surface area contributed by atoms with Gasteiger partial charge in [0.1, 0.15) is 11.4 Å². The van der Waals surface area contributed by atoms with Gasteiger partial charge in [0.2, 0.25) is 5.91 Å². The van der Waals surface area contributed by atoms with E-state index in [2.05, 4.69) is 5.32 Å². The van der Waals surface area contributed by atoms with Crippen LogP contribution in [0.1, 0.15) is 28.4 Å². The highest BCUT2D eigenvalue weighted by molar-refractivity contribution is 5.99. The van der Waals surface area contributed by atoms with Gasteiger partial charge in [-0.3, -0.25) is 9.59 Å². The SMILES string of the molecule is Cc1cc(C(=O)N[C@@](C)(C(N)=O)c2ccccc2)ccc1F. The van der Waals surface area contributed by atoms with Crippen LogP contribution in [0.3, 0.4) is 0 Å². The molecule has 114 valence electrons. The van der Waals surface area contributed by atoms with Gasteiger partial charge in [-0.1, -0.05) is 30.3 Å². The molecule has 0 saturated heterocycles. The summed E-state index contributed by atoms with van der Waals surface area (Å²) in [6.45, 7) is 3.11. The monoisotopic (exact) mass is 300 g/mol. The Labute approximate surface area is 128 Å². The van der Waals surface area contributed by atoms with Gasteiger partial charge in [0.15, 0.2) is 0 Å². The number of rotatable bonds is 4. The Morgan fingerprint density at radius 2 is 1.77 bits per heavy atom. The van der Waals surface area contributed by atoms with Gasteiger partial charge in [-0.15, -0.1) is 0 Å². The Morgan fingerprint density at radius 3 is 2.32 bits per heavy atom. The zero-order valence-electron chi connectivity index (χ0n) is 12.4. The molecule has 0 aliphatic carbocycles. The van der Waals surface area contributed by atoms with Crippen molar-refractivity contribution in [3.63, 3.8) is 0 Å². The average Bonchev–Trinajstić information content (AvgIpc) is 2.50. The summed E-state index contributed by atoms with van der Waals surface area (Å²) in [4.78, 5) is 24.2. The highest BCUT2D eigenvalue weighted by Crippen LogP contribution is 2.21. The van der Waals surface area contributed by atoms with Crippen molar-refractivity contribution in [2.75, 3.05) is 0 Å². The van der Waals surface area contributed by atoms with Crippen molar-refractivity contribution >= 4 is 11.8 Å². The first-order valence-electron chi connectivity index (χ1n) is 6.78. The number of benzene rings is 2. The van der Waals surface area contributed by atoms with Crippen molar-refractivity contribution in [2.24, 2.45) is 5.73 Å². The van der Waals surface area contributed by atoms with E-state index in [-0.39, 0.29) is 5.56 Å². The third-order valence-electron chi connectivity index (χ3n) is 3.63. The van der Waals surface area contributed by atoms with Crippen LogP contribution in [-0.2, 0) is 10.3 Å². The summed E-state index contributed by atoms with van der Waals surface area (Å²) < 4.78 is 13.3. The van der Waals surface area contributed by atoms with E-state index in [9.17, 15) is 14.0 Å². The molecule has 0 heterocycles. The molecule has 0 bridgehead atoms. The van der Waals surface area contributed by atoms with Crippen LogP contribution in [0.5, 0.6) is 0 Å². The van der Waals surface area contributed by atoms with Crippen molar-refractivity contribution in [3.8, 4) is 0 Å². The maximum atomic E-state index is 13.3. The third-order valence-corrected chi connectivity index (χ3v) is 3.63. The Kier molecular flexibility index (Phi) is 4.26. The highest BCUT2D eigenvalue weighted by atomic mass is 19.1. The zero-order valence-corrected chi connectivity index (χ0v) is 12.4. The van der Waals surface area contributed by atoms with Crippen molar-refractivity contribution < 1.29 is 14.0 Å². The lowest BCUT2D eigenvalue weighted by molar-refractivity contribution is -0.123. The molecule has 2 rings (SSSR count). The summed E-state index contributed by atoms with van der Waals surface area (Å²) in [6.07, 6.45) is 0. The molecule has 22 heavy (non-hydrogen) atoms. The number of hydrogen-bond acceptors (Lipinski definition) is 2. The molecular formula is C17H17FN2O2. The van der Waals surface area contributed by atoms with Crippen molar-refractivity contribution in [2.45, 2.75) is 19.4 Å². The standard InChI is InChI=1S/C17H17FN2O2/c1-11-10-12(8-9-14(11)18)15(21)20-17(2,16(19)22)13-6-4-3-5-7-13/h3-10H,1-2H3,(H2,19,22)(H,20,21)/t17-/m1/s1. The molecule has 1 atom stereocenters. The second-order valence-corrected chi connectivity index (χ2v) is 5.27. The maximum Gasteiger partial charge on any atom is 0.252 e. The van der Waals surface area contributed by atoms with Crippen LogP contribution in [0.15, 0.2) is 48.5 Å². The van der Waals surface area contributed by atoms with E-state index < -0.39 is 23.2 Å². The molecule has 0 radical (unpaired) electrons. The molecule has 3 N–H and O–H groups in total. The summed E-state index contributed by atoms with van der Waals surface area (Å²) in [6, 6.07) is 12.7. The van der Waals surface area contributed by atoms with Gasteiger partial charge in [0.05, 0.1) is 0 Å². The third kappa shape index (κ3) is 2.98. The normalized spacial score (nSPS) is 13.2. The summed E-state index contributed by atoms with van der Waals surface area (Å²) >= 11 is 0. The number of carbonyl (C=O) groups is 2. The van der Waals surface area contributed by atoms with Gasteiger partial charge in [-0.05, 0) is 43.2 Å². The molecule has 2 aromatic carbocycles. The van der Waals surface area contributed by atoms with Crippen molar-refractivity contribution in [1.29, 1.82) is 0 Å². The van der Waals surface area contributed by atoms with Crippen LogP contribution in [0.4, 0.5) is 4.39 Å². The number of hydrogen-bond donors (Lipinski definition) is 2. The molecule has 2 amide bonds. The minimum Gasteiger partial charge on any atom is -0.367 e. The molecule has 0 unspecified atom stereocenters. The van der Waals surface area contributed by atoms with E-state index in [0.29, 0.717) is 11.1 Å². The smallest absolute Gasteiger partial charge is 0.252 e. The molecule has 4 nitrogen and oxygen atoms in total. The lowest BCUT2D eigenvalue weighted by Crippen LogP contribution is -2.52. The Hall–Kier alpha value is -2.69. The van der Waals surface area contributed by atoms with Crippen molar-refractivity contribution in [3.05, 3.63) is 71.0 Å². The topological polar surface area (TPSA) is 72.2 Å². The first-order valence-corrected chi connectivity index (χ1v) is 6.78. The van der Waals surface area contributed by atoms with Gasteiger partial charge in [-0.25, -0.2) is 4.39 Å². The lowest BCUT2D eigenvalue weighted by Gasteiger charge is -2.28. The second-order valence-electron chi connectivity index (χ2n) is 5.27. The van der Waals surface area contributed by atoms with Crippen LogP contribution in [0, 0.1) is 12.7 Å². The minimum atomic E-state index is -1.35. The fourth-order valence-electron chi connectivity index (χ4n) is 2.13. The number of aryl methyl sites for hydroxylation is 1. The van der Waals surface area contributed by atoms with Crippen molar-refractivity contribution in [1.82, 2.24) is 5.32 Å². The largest absolute Gasteiger partial charge is 0.367 e. The predicted molar refractivity (Wildman–Crippen MR) is 81.6 cm³/mol. The summed E-state index contributed by atoms with van der Waals surface area (Å²) in [5.74, 6) is -1.56. The lowest BCUT2D eigenvalue weighted by atomic mass is 9.90. The van der Waals surface area contributed by atoms with Gasteiger partial charge in [0, 0.05) is 5.56 Å². The van der Waals surface area contributed by atoms with Crippen LogP contribution < -0.4 is 11.1 Å². The Bertz CT molecular complexity index is 716. The fraction of sp³-hybridized carbons (Fsp3) is 0.176. The van der Waals surface area contributed by atoms with Crippen LogP contribution in [0.2, 0.25) is 0 Å². The predicted octanol–water partition coefficient (Wildman–Crippen LogP) is 2.26. The molecular weight excluding hydrogens is 283 g/mol. The minimum absolute atomic E-state index is 0.266. The highest BCUT2D eigenvalue weighted by Gasteiger charge is 2.35. The van der Waals surface area contributed by atoms with E-state index in [0.717, 1.165) is 0 Å². The van der Waals surface area contributed by atoms with E-state index in [1.54, 1.807) is 44.2 Å². The Balaban J connectivity index is 2.34. The second kappa shape index (κ2) is 5.97. The van der Waals surface area contributed by atoms with Gasteiger partial charge < -0.3 is 11.1 Å². The number of carbonyl (C=O) groups excluding carboxylic acids is 2. The molecule has 0 aliphatic rings. The molecule has 0 spiro atoms. The summed E-state index contributed by atoms with van der Waals surface area (Å²) in [7, 11) is 0. The Morgan fingerprint density at radius 1 is 1.14 bits per heavy atom. The summed E-state index contributed by atoms with van der Waals surface area (Å²) in [5.41, 5.74) is 5.32. The van der Waals surface area contributed by atoms with Gasteiger partial charge in [0.25, 0.3) is 5.91 Å². The van der Waals surface area contributed by atoms with Crippen LogP contribution in [-0.4, -0.2) is 11.8 Å². The molecule has 0 aromatic heterocycles. The van der Waals surface area contributed by atoms with E-state index in [1.807, 2.05) is 0 Å². The number of halogens is 1. The van der Waals surface area contributed by atoms with E-state index in [4.69, 9.17) is 5.73 Å². The average molecular weight is 300 g/mol.